The van der Waals surface area contributed by atoms with Crippen molar-refractivity contribution in [1.82, 2.24) is 14.3 Å². The Hall–Kier alpha value is -3.84. The van der Waals surface area contributed by atoms with E-state index in [-0.39, 0.29) is 17.5 Å². The first kappa shape index (κ1) is 22.0. The average Bonchev–Trinajstić information content (AvgIpc) is 3.30. The summed E-state index contributed by atoms with van der Waals surface area (Å²) in [6.07, 6.45) is 1.68. The molecule has 0 radical (unpaired) electrons. The van der Waals surface area contributed by atoms with Crippen LogP contribution in [-0.2, 0) is 13.6 Å². The molecule has 2 aromatic heterocycles. The second-order valence-corrected chi connectivity index (χ2v) is 8.76. The van der Waals surface area contributed by atoms with Gasteiger partial charge in [-0.3, -0.25) is 19.2 Å². The Labute approximate surface area is 201 Å². The second kappa shape index (κ2) is 8.50. The molecule has 7 nitrogen and oxygen atoms in total. The molecule has 0 spiro atoms. The first-order valence-corrected chi connectivity index (χ1v) is 11.2. The number of hydrogen-bond donors (Lipinski definition) is 0. The van der Waals surface area contributed by atoms with Crippen molar-refractivity contribution in [3.8, 4) is 5.75 Å². The van der Waals surface area contributed by atoms with Crippen LogP contribution in [0.2, 0.25) is 5.02 Å². The average molecular weight is 475 g/mol. The van der Waals surface area contributed by atoms with Gasteiger partial charge in [-0.05, 0) is 48.4 Å². The van der Waals surface area contributed by atoms with Gasteiger partial charge in [-0.15, -0.1) is 0 Å². The Bertz CT molecular complexity index is 1440. The molecular weight excluding hydrogens is 452 g/mol. The SMILES string of the molecule is COc1ccc(Cn2nc3c(c2C)C(c2ccc(Cl)cc2)N(c2ccc(=O)n(C)c2)C3=O)cc1. The largest absolute Gasteiger partial charge is 0.497 e. The third kappa shape index (κ3) is 3.68. The predicted molar refractivity (Wildman–Crippen MR) is 131 cm³/mol. The number of anilines is 1. The number of amides is 1. The number of rotatable bonds is 5. The highest BCUT2D eigenvalue weighted by atomic mass is 35.5. The number of fused-ring (bicyclic) bond motifs is 1. The van der Waals surface area contributed by atoms with Crippen LogP contribution in [0.25, 0.3) is 0 Å². The summed E-state index contributed by atoms with van der Waals surface area (Å²) >= 11 is 6.14. The topological polar surface area (TPSA) is 69.4 Å². The molecule has 1 atom stereocenters. The van der Waals surface area contributed by atoms with E-state index in [0.29, 0.717) is 22.9 Å². The van der Waals surface area contributed by atoms with Crippen molar-refractivity contribution in [2.75, 3.05) is 12.0 Å². The van der Waals surface area contributed by atoms with E-state index in [1.165, 1.54) is 10.6 Å². The van der Waals surface area contributed by atoms with Crippen molar-refractivity contribution in [3.63, 3.8) is 0 Å². The van der Waals surface area contributed by atoms with Gasteiger partial charge in [0.2, 0.25) is 5.56 Å². The maximum Gasteiger partial charge on any atom is 0.280 e. The first-order valence-electron chi connectivity index (χ1n) is 10.8. The molecule has 8 heteroatoms. The number of benzene rings is 2. The van der Waals surface area contributed by atoms with Crippen LogP contribution in [0.3, 0.4) is 0 Å². The summed E-state index contributed by atoms with van der Waals surface area (Å²) in [5, 5.41) is 5.34. The van der Waals surface area contributed by atoms with E-state index in [2.05, 4.69) is 0 Å². The van der Waals surface area contributed by atoms with Gasteiger partial charge in [-0.2, -0.15) is 5.10 Å². The maximum absolute atomic E-state index is 13.7. The van der Waals surface area contributed by atoms with E-state index in [1.807, 2.05) is 60.1 Å². The van der Waals surface area contributed by atoms with Gasteiger partial charge in [-0.25, -0.2) is 0 Å². The Morgan fingerprint density at radius 1 is 1.00 bits per heavy atom. The number of ether oxygens (including phenoxy) is 1. The molecule has 172 valence electrons. The normalized spacial score (nSPS) is 15.0. The molecule has 1 aliphatic heterocycles. The quantitative estimate of drug-likeness (QED) is 0.431. The van der Waals surface area contributed by atoms with E-state index in [1.54, 1.807) is 31.3 Å². The number of aromatic nitrogens is 3. The number of aryl methyl sites for hydroxylation is 1. The van der Waals surface area contributed by atoms with Gasteiger partial charge >= 0.3 is 0 Å². The molecule has 0 fully saturated rings. The fourth-order valence-electron chi connectivity index (χ4n) is 4.41. The zero-order valence-electron chi connectivity index (χ0n) is 19.0. The van der Waals surface area contributed by atoms with Crippen LogP contribution in [0.5, 0.6) is 5.75 Å². The van der Waals surface area contributed by atoms with Gasteiger partial charge < -0.3 is 9.30 Å². The molecule has 34 heavy (non-hydrogen) atoms. The Balaban J connectivity index is 1.61. The van der Waals surface area contributed by atoms with Crippen LogP contribution in [0.4, 0.5) is 5.69 Å². The van der Waals surface area contributed by atoms with Crippen LogP contribution in [0.15, 0.2) is 71.7 Å². The highest BCUT2D eigenvalue weighted by Crippen LogP contribution is 2.43. The summed E-state index contributed by atoms with van der Waals surface area (Å²) in [7, 11) is 3.30. The molecule has 1 aliphatic rings. The molecule has 4 aromatic rings. The van der Waals surface area contributed by atoms with Gasteiger partial charge in [-0.1, -0.05) is 35.9 Å². The van der Waals surface area contributed by atoms with Crippen molar-refractivity contribution in [1.29, 1.82) is 0 Å². The summed E-state index contributed by atoms with van der Waals surface area (Å²) in [6.45, 7) is 2.51. The molecule has 0 saturated heterocycles. The lowest BCUT2D eigenvalue weighted by atomic mass is 9.99. The lowest BCUT2D eigenvalue weighted by Gasteiger charge is -2.27. The number of carbonyl (C=O) groups is 1. The summed E-state index contributed by atoms with van der Waals surface area (Å²) in [5.41, 5.74) is 4.64. The lowest BCUT2D eigenvalue weighted by molar-refractivity contribution is 0.0987. The first-order chi connectivity index (χ1) is 16.4. The molecule has 0 bridgehead atoms. The molecule has 0 aliphatic carbocycles. The molecule has 3 heterocycles. The van der Waals surface area contributed by atoms with E-state index < -0.39 is 0 Å². The minimum atomic E-state index is -0.387. The van der Waals surface area contributed by atoms with Crippen LogP contribution >= 0.6 is 11.6 Å². The molecule has 1 unspecified atom stereocenters. The minimum absolute atomic E-state index is 0.142. The van der Waals surface area contributed by atoms with Crippen molar-refractivity contribution in [2.45, 2.75) is 19.5 Å². The van der Waals surface area contributed by atoms with E-state index in [9.17, 15) is 9.59 Å². The zero-order chi connectivity index (χ0) is 24.0. The van der Waals surface area contributed by atoms with E-state index in [4.69, 9.17) is 21.4 Å². The zero-order valence-corrected chi connectivity index (χ0v) is 19.8. The standard InChI is InChI=1S/C26H23ClN4O3/c1-16-23-24(28-30(16)14-17-4-11-21(34-3)12-5-17)26(33)31(20-10-13-22(32)29(2)15-20)25(23)18-6-8-19(27)9-7-18/h4-13,15,25H,14H2,1-3H3. The monoisotopic (exact) mass is 474 g/mol. The van der Waals surface area contributed by atoms with Crippen LogP contribution in [0, 0.1) is 6.92 Å². The van der Waals surface area contributed by atoms with Gasteiger partial charge in [0.15, 0.2) is 5.69 Å². The van der Waals surface area contributed by atoms with Crippen molar-refractivity contribution >= 4 is 23.2 Å². The number of methoxy groups -OCH3 is 1. The lowest BCUT2D eigenvalue weighted by Crippen LogP contribution is -2.31. The van der Waals surface area contributed by atoms with Gasteiger partial charge in [0.1, 0.15) is 5.75 Å². The van der Waals surface area contributed by atoms with Gasteiger partial charge in [0.05, 0.1) is 25.4 Å². The van der Waals surface area contributed by atoms with Crippen LogP contribution in [0.1, 0.15) is 38.9 Å². The third-order valence-corrected chi connectivity index (χ3v) is 6.48. The van der Waals surface area contributed by atoms with Crippen molar-refractivity contribution < 1.29 is 9.53 Å². The van der Waals surface area contributed by atoms with Crippen molar-refractivity contribution in [3.05, 3.63) is 110 Å². The van der Waals surface area contributed by atoms with E-state index in [0.717, 1.165) is 28.1 Å². The highest BCUT2D eigenvalue weighted by molar-refractivity contribution is 6.30. The summed E-state index contributed by atoms with van der Waals surface area (Å²) < 4.78 is 8.58. The van der Waals surface area contributed by atoms with Gasteiger partial charge in [0.25, 0.3) is 5.91 Å². The summed E-state index contributed by atoms with van der Waals surface area (Å²) in [4.78, 5) is 27.3. The number of pyridine rings is 1. The Morgan fingerprint density at radius 2 is 1.71 bits per heavy atom. The smallest absolute Gasteiger partial charge is 0.280 e. The number of hydrogen-bond acceptors (Lipinski definition) is 4. The fourth-order valence-corrected chi connectivity index (χ4v) is 4.54. The molecule has 1 amide bonds. The molecule has 5 rings (SSSR count). The predicted octanol–water partition coefficient (Wildman–Crippen LogP) is 4.35. The highest BCUT2D eigenvalue weighted by Gasteiger charge is 2.43. The Kier molecular flexibility index (Phi) is 5.49. The number of halogens is 1. The molecule has 2 aromatic carbocycles. The summed E-state index contributed by atoms with van der Waals surface area (Å²) in [5.74, 6) is 0.583. The number of nitrogens with zero attached hydrogens (tertiary/aromatic N) is 4. The number of carbonyl (C=O) groups excluding carboxylic acids is 1. The third-order valence-electron chi connectivity index (χ3n) is 6.23. The summed E-state index contributed by atoms with van der Waals surface area (Å²) in [6, 6.07) is 18.0. The maximum atomic E-state index is 13.7. The van der Waals surface area contributed by atoms with Crippen LogP contribution in [-0.4, -0.2) is 27.4 Å². The Morgan fingerprint density at radius 3 is 2.35 bits per heavy atom. The molecule has 0 saturated carbocycles. The van der Waals surface area contributed by atoms with Gasteiger partial charge in [0, 0.05) is 35.6 Å². The molecule has 0 N–H and O–H groups in total. The minimum Gasteiger partial charge on any atom is -0.497 e. The van der Waals surface area contributed by atoms with Crippen LogP contribution < -0.4 is 15.2 Å². The molecular formula is C26H23ClN4O3. The fraction of sp³-hybridized carbons (Fsp3) is 0.192. The second-order valence-electron chi connectivity index (χ2n) is 8.32. The van der Waals surface area contributed by atoms with Crippen molar-refractivity contribution in [2.24, 2.45) is 7.05 Å². The van der Waals surface area contributed by atoms with E-state index >= 15 is 0 Å².